The van der Waals surface area contributed by atoms with E-state index >= 15 is 0 Å². The summed E-state index contributed by atoms with van der Waals surface area (Å²) >= 11 is 1.57. The molecule has 1 aliphatic heterocycles. The number of fused-ring (bicyclic) bond motifs is 3. The Morgan fingerprint density at radius 3 is 2.81 bits per heavy atom. The van der Waals surface area contributed by atoms with Crippen molar-refractivity contribution in [1.82, 2.24) is 9.97 Å². The Labute approximate surface area is 210 Å². The van der Waals surface area contributed by atoms with Crippen molar-refractivity contribution in [3.05, 3.63) is 94.8 Å². The van der Waals surface area contributed by atoms with Crippen LogP contribution in [0.1, 0.15) is 34.1 Å². The van der Waals surface area contributed by atoms with Crippen molar-refractivity contribution < 1.29 is 23.4 Å². The number of anilines is 1. The average Bonchev–Trinajstić information content (AvgIpc) is 2.97. The molecular formula is C27H23F2N3O3S. The summed E-state index contributed by atoms with van der Waals surface area (Å²) in [5, 5.41) is 9.56. The van der Waals surface area contributed by atoms with Crippen molar-refractivity contribution >= 4 is 34.5 Å². The fourth-order valence-corrected chi connectivity index (χ4v) is 5.61. The maximum atomic E-state index is 13.6. The molecule has 36 heavy (non-hydrogen) atoms. The number of aromatic nitrogens is 2. The second-order valence-electron chi connectivity index (χ2n) is 8.58. The maximum absolute atomic E-state index is 13.6. The van der Waals surface area contributed by atoms with Crippen LogP contribution in [0, 0.1) is 11.6 Å². The largest absolute Gasteiger partial charge is 0.487 e. The molecule has 0 saturated carbocycles. The Balaban J connectivity index is 1.43. The molecule has 0 saturated heterocycles. The van der Waals surface area contributed by atoms with Crippen LogP contribution in [-0.2, 0) is 17.9 Å². The van der Waals surface area contributed by atoms with Crippen LogP contribution in [0.4, 0.5) is 14.6 Å². The van der Waals surface area contributed by atoms with E-state index in [0.717, 1.165) is 34.6 Å². The molecule has 9 heteroatoms. The molecule has 0 bridgehead atoms. The molecule has 2 aromatic carbocycles. The summed E-state index contributed by atoms with van der Waals surface area (Å²) in [7, 11) is 1.99. The number of hydrogen-bond donors (Lipinski definition) is 1. The monoisotopic (exact) mass is 507 g/mol. The first-order chi connectivity index (χ1) is 17.4. The van der Waals surface area contributed by atoms with Crippen LogP contribution in [0.5, 0.6) is 5.75 Å². The molecule has 1 atom stereocenters. The molecule has 2 aromatic heterocycles. The van der Waals surface area contributed by atoms with E-state index in [1.54, 1.807) is 30.1 Å². The highest BCUT2D eigenvalue weighted by atomic mass is 32.2. The molecule has 0 spiro atoms. The van der Waals surface area contributed by atoms with Gasteiger partial charge < -0.3 is 14.7 Å². The van der Waals surface area contributed by atoms with Gasteiger partial charge in [0.25, 0.3) is 0 Å². The lowest BCUT2D eigenvalue weighted by molar-refractivity contribution is -0.136. The number of carbonyl (C=O) groups is 1. The van der Waals surface area contributed by atoms with E-state index in [0.29, 0.717) is 34.6 Å². The first kappa shape index (κ1) is 24.0. The molecule has 184 valence electrons. The zero-order chi connectivity index (χ0) is 25.2. The SMILES string of the molecule is CN1Cc2ccc(OCc3ccc4cc(F)c(F)cc4n3)cc2C(SCCC(=O)O)c2cccnc21. The zero-order valence-electron chi connectivity index (χ0n) is 19.4. The van der Waals surface area contributed by atoms with Gasteiger partial charge in [-0.15, -0.1) is 11.8 Å². The van der Waals surface area contributed by atoms with Crippen LogP contribution in [0.25, 0.3) is 10.9 Å². The number of carboxylic acids is 1. The highest BCUT2D eigenvalue weighted by Gasteiger charge is 2.27. The summed E-state index contributed by atoms with van der Waals surface area (Å²) in [4.78, 5) is 22.2. The predicted octanol–water partition coefficient (Wildman–Crippen LogP) is 5.73. The van der Waals surface area contributed by atoms with Crippen molar-refractivity contribution in [2.24, 2.45) is 0 Å². The zero-order valence-corrected chi connectivity index (χ0v) is 20.3. The number of hydrogen-bond acceptors (Lipinski definition) is 6. The van der Waals surface area contributed by atoms with Gasteiger partial charge in [0.2, 0.25) is 0 Å². The first-order valence-electron chi connectivity index (χ1n) is 11.4. The van der Waals surface area contributed by atoms with E-state index < -0.39 is 17.6 Å². The van der Waals surface area contributed by atoms with Crippen LogP contribution in [0.15, 0.2) is 60.8 Å². The molecule has 0 amide bonds. The molecule has 4 aromatic rings. The van der Waals surface area contributed by atoms with Crippen molar-refractivity contribution in [2.75, 3.05) is 17.7 Å². The third-order valence-corrected chi connectivity index (χ3v) is 7.33. The fraction of sp³-hybridized carbons (Fsp3) is 0.222. The van der Waals surface area contributed by atoms with E-state index in [1.165, 1.54) is 0 Å². The Bertz CT molecular complexity index is 1450. The Hall–Kier alpha value is -3.72. The quantitative estimate of drug-likeness (QED) is 0.342. The minimum Gasteiger partial charge on any atom is -0.487 e. The number of aliphatic carboxylic acids is 1. The van der Waals surface area contributed by atoms with Crippen LogP contribution < -0.4 is 9.64 Å². The minimum absolute atomic E-state index is 0.0657. The number of nitrogens with zero attached hydrogens (tertiary/aromatic N) is 3. The molecular weight excluding hydrogens is 484 g/mol. The molecule has 0 fully saturated rings. The van der Waals surface area contributed by atoms with E-state index in [2.05, 4.69) is 14.9 Å². The van der Waals surface area contributed by atoms with Gasteiger partial charge in [-0.2, -0.15) is 0 Å². The minimum atomic E-state index is -0.940. The van der Waals surface area contributed by atoms with Gasteiger partial charge in [-0.05, 0) is 41.5 Å². The summed E-state index contributed by atoms with van der Waals surface area (Å²) in [6.45, 7) is 0.812. The van der Waals surface area contributed by atoms with Gasteiger partial charge in [-0.3, -0.25) is 4.79 Å². The summed E-state index contributed by atoms with van der Waals surface area (Å²) in [6.07, 6.45) is 1.83. The van der Waals surface area contributed by atoms with Crippen molar-refractivity contribution in [1.29, 1.82) is 0 Å². The Morgan fingerprint density at radius 2 is 1.97 bits per heavy atom. The number of ether oxygens (including phenoxy) is 1. The average molecular weight is 508 g/mol. The number of rotatable bonds is 7. The van der Waals surface area contributed by atoms with Crippen LogP contribution in [-0.4, -0.2) is 33.8 Å². The van der Waals surface area contributed by atoms with Gasteiger partial charge in [-0.25, -0.2) is 18.7 Å². The third-order valence-electron chi connectivity index (χ3n) is 6.04. The van der Waals surface area contributed by atoms with Gasteiger partial charge in [0, 0.05) is 42.6 Å². The summed E-state index contributed by atoms with van der Waals surface area (Å²) in [6, 6.07) is 15.4. The van der Waals surface area contributed by atoms with Gasteiger partial charge >= 0.3 is 5.97 Å². The molecule has 3 heterocycles. The van der Waals surface area contributed by atoms with Gasteiger partial charge in [0.15, 0.2) is 11.6 Å². The molecule has 6 nitrogen and oxygen atoms in total. The normalized spacial score (nSPS) is 14.8. The third kappa shape index (κ3) is 4.97. The number of pyridine rings is 2. The van der Waals surface area contributed by atoms with Crippen molar-refractivity contribution in [3.63, 3.8) is 0 Å². The highest BCUT2D eigenvalue weighted by molar-refractivity contribution is 7.99. The van der Waals surface area contributed by atoms with E-state index in [4.69, 9.17) is 9.84 Å². The summed E-state index contributed by atoms with van der Waals surface area (Å²) in [5.41, 5.74) is 4.13. The first-order valence-corrected chi connectivity index (χ1v) is 12.4. The summed E-state index contributed by atoms with van der Waals surface area (Å²) in [5.74, 6) is -0.711. The van der Waals surface area contributed by atoms with Gasteiger partial charge in [-0.1, -0.05) is 18.2 Å². The van der Waals surface area contributed by atoms with Gasteiger partial charge in [0.05, 0.1) is 22.9 Å². The van der Waals surface area contributed by atoms with E-state index in [1.807, 2.05) is 37.4 Å². The standard InChI is InChI=1S/C27H23F2N3O3S/c1-32-14-17-5-7-19(35-15-18-6-4-16-11-22(28)23(29)13-24(16)31-18)12-21(17)26(36-10-8-25(33)34)20-3-2-9-30-27(20)32/h2-7,9,11-13,26H,8,10,14-15H2,1H3,(H,33,34). The molecule has 0 radical (unpaired) electrons. The van der Waals surface area contributed by atoms with Gasteiger partial charge in [0.1, 0.15) is 18.2 Å². The highest BCUT2D eigenvalue weighted by Crippen LogP contribution is 2.44. The van der Waals surface area contributed by atoms with E-state index in [9.17, 15) is 13.6 Å². The smallest absolute Gasteiger partial charge is 0.304 e. The van der Waals surface area contributed by atoms with Crippen molar-refractivity contribution in [3.8, 4) is 5.75 Å². The van der Waals surface area contributed by atoms with Crippen LogP contribution in [0.2, 0.25) is 0 Å². The topological polar surface area (TPSA) is 75.5 Å². The Kier molecular flexibility index (Phi) is 6.73. The number of benzene rings is 2. The second kappa shape index (κ2) is 10.1. The van der Waals surface area contributed by atoms with Crippen LogP contribution >= 0.6 is 11.8 Å². The molecule has 5 rings (SSSR count). The molecule has 1 aliphatic rings. The van der Waals surface area contributed by atoms with Crippen molar-refractivity contribution in [2.45, 2.75) is 24.8 Å². The molecule has 1 unspecified atom stereocenters. The Morgan fingerprint density at radius 1 is 1.14 bits per heavy atom. The number of halogens is 2. The lowest BCUT2D eigenvalue weighted by Crippen LogP contribution is -2.17. The van der Waals surface area contributed by atoms with E-state index in [-0.39, 0.29) is 18.3 Å². The lowest BCUT2D eigenvalue weighted by atomic mass is 10.0. The summed E-state index contributed by atoms with van der Waals surface area (Å²) < 4.78 is 33.2. The molecule has 1 N–H and O–H groups in total. The number of thioether (sulfide) groups is 1. The fourth-order valence-electron chi connectivity index (χ4n) is 4.32. The maximum Gasteiger partial charge on any atom is 0.304 e. The lowest BCUT2D eigenvalue weighted by Gasteiger charge is -2.20. The van der Waals surface area contributed by atoms with Crippen LogP contribution in [0.3, 0.4) is 0 Å². The molecule has 0 aliphatic carbocycles. The second-order valence-corrected chi connectivity index (χ2v) is 9.79. The number of carboxylic acid groups (broad SMARTS) is 1. The predicted molar refractivity (Wildman–Crippen MR) is 135 cm³/mol.